The van der Waals surface area contributed by atoms with Crippen LogP contribution >= 0.6 is 0 Å². The van der Waals surface area contributed by atoms with Gasteiger partial charge in [0, 0.05) is 31.3 Å². The highest BCUT2D eigenvalue weighted by molar-refractivity contribution is 5.97. The van der Waals surface area contributed by atoms with Gasteiger partial charge in [-0.3, -0.25) is 4.79 Å². The van der Waals surface area contributed by atoms with Crippen LogP contribution in [-0.2, 0) is 4.79 Å². The fourth-order valence-electron chi connectivity index (χ4n) is 3.85. The second-order valence-electron chi connectivity index (χ2n) is 7.58. The molecule has 0 spiro atoms. The number of aromatic nitrogens is 2. The van der Waals surface area contributed by atoms with Crippen molar-refractivity contribution >= 4 is 11.5 Å². The van der Waals surface area contributed by atoms with Crippen molar-refractivity contribution in [2.24, 2.45) is 5.92 Å². The van der Waals surface area contributed by atoms with Gasteiger partial charge in [-0.15, -0.1) is 0 Å². The van der Waals surface area contributed by atoms with Crippen LogP contribution in [0.2, 0.25) is 0 Å². The summed E-state index contributed by atoms with van der Waals surface area (Å²) in [5, 5.41) is 0. The Morgan fingerprint density at radius 1 is 1.27 bits per heavy atom. The molecule has 156 valence electrons. The van der Waals surface area contributed by atoms with Gasteiger partial charge in [0.2, 0.25) is 5.91 Å². The van der Waals surface area contributed by atoms with Crippen molar-refractivity contribution in [1.82, 2.24) is 14.5 Å². The first-order valence-electron chi connectivity index (χ1n) is 9.87. The molecule has 1 aliphatic carbocycles. The van der Waals surface area contributed by atoms with Gasteiger partial charge in [-0.25, -0.2) is 13.8 Å². The number of carbonyl (C=O) groups excluding carboxylic acids is 1. The van der Waals surface area contributed by atoms with Crippen LogP contribution in [0.15, 0.2) is 60.6 Å². The maximum absolute atomic E-state index is 13.5. The molecule has 0 N–H and O–H groups in total. The lowest BCUT2D eigenvalue weighted by Gasteiger charge is -2.30. The van der Waals surface area contributed by atoms with Crippen molar-refractivity contribution in [3.8, 4) is 11.4 Å². The van der Waals surface area contributed by atoms with E-state index >= 15 is 0 Å². The zero-order valence-corrected chi connectivity index (χ0v) is 16.9. The van der Waals surface area contributed by atoms with Crippen LogP contribution in [0.5, 0.6) is 5.75 Å². The zero-order valence-electron chi connectivity index (χ0n) is 16.9. The summed E-state index contributed by atoms with van der Waals surface area (Å²) in [5.41, 5.74) is 3.64. The normalized spacial score (nSPS) is 19.3. The minimum atomic E-state index is -0.841. The van der Waals surface area contributed by atoms with Crippen LogP contribution in [-0.4, -0.2) is 40.6 Å². The SMILES string of the molecule is COc1cc(C2=CC(=O)N(CC3C=C(F)C(F)=CC3)CC2)ccc1-n1cnc(C)c1. The Kier molecular flexibility index (Phi) is 5.53. The number of nitrogens with zero attached hydrogens (tertiary/aromatic N) is 3. The highest BCUT2D eigenvalue weighted by atomic mass is 19.2. The third-order valence-electron chi connectivity index (χ3n) is 5.47. The Hall–Kier alpha value is -3.22. The van der Waals surface area contributed by atoms with Crippen LogP contribution in [0.4, 0.5) is 8.78 Å². The highest BCUT2D eigenvalue weighted by Gasteiger charge is 2.24. The Morgan fingerprint density at radius 2 is 2.10 bits per heavy atom. The molecule has 2 aromatic rings. The Bertz CT molecular complexity index is 1070. The Balaban J connectivity index is 1.50. The van der Waals surface area contributed by atoms with Gasteiger partial charge < -0.3 is 14.2 Å². The first-order chi connectivity index (χ1) is 14.4. The molecule has 0 saturated heterocycles. The predicted octanol–water partition coefficient (Wildman–Crippen LogP) is 4.53. The van der Waals surface area contributed by atoms with Gasteiger partial charge in [0.1, 0.15) is 5.75 Å². The molecule has 5 nitrogen and oxygen atoms in total. The number of aryl methyl sites for hydroxylation is 1. The van der Waals surface area contributed by atoms with E-state index in [1.54, 1.807) is 24.4 Å². The summed E-state index contributed by atoms with van der Waals surface area (Å²) in [5.74, 6) is -1.29. The van der Waals surface area contributed by atoms with Crippen LogP contribution in [0.3, 0.4) is 0 Å². The molecule has 0 radical (unpaired) electrons. The van der Waals surface area contributed by atoms with Crippen molar-refractivity contribution in [1.29, 1.82) is 0 Å². The summed E-state index contributed by atoms with van der Waals surface area (Å²) in [6.07, 6.45) is 8.86. The fourth-order valence-corrected chi connectivity index (χ4v) is 3.85. The number of benzene rings is 1. The molecule has 1 amide bonds. The number of allylic oxidation sites excluding steroid dienone is 3. The second kappa shape index (κ2) is 8.26. The van der Waals surface area contributed by atoms with Gasteiger partial charge in [0.15, 0.2) is 11.7 Å². The third-order valence-corrected chi connectivity index (χ3v) is 5.47. The number of hydrogen-bond acceptors (Lipinski definition) is 3. The van der Waals surface area contributed by atoms with Crippen LogP contribution in [0, 0.1) is 12.8 Å². The van der Waals surface area contributed by atoms with Crippen molar-refractivity contribution < 1.29 is 18.3 Å². The first kappa shape index (κ1) is 20.1. The maximum Gasteiger partial charge on any atom is 0.246 e. The molecule has 7 heteroatoms. The molecule has 1 aromatic carbocycles. The molecule has 30 heavy (non-hydrogen) atoms. The number of halogens is 2. The van der Waals surface area contributed by atoms with E-state index in [0.29, 0.717) is 31.7 Å². The largest absolute Gasteiger partial charge is 0.495 e. The molecule has 1 atom stereocenters. The van der Waals surface area contributed by atoms with Gasteiger partial charge in [-0.05, 0) is 55.2 Å². The molecular formula is C23H23F2N3O2. The summed E-state index contributed by atoms with van der Waals surface area (Å²) in [7, 11) is 1.61. The van der Waals surface area contributed by atoms with Crippen LogP contribution in [0.25, 0.3) is 11.3 Å². The smallest absolute Gasteiger partial charge is 0.246 e. The number of amides is 1. The van der Waals surface area contributed by atoms with Gasteiger partial charge in [-0.2, -0.15) is 0 Å². The van der Waals surface area contributed by atoms with Gasteiger partial charge in [0.25, 0.3) is 0 Å². The van der Waals surface area contributed by atoms with Crippen LogP contribution < -0.4 is 4.74 Å². The molecule has 2 aliphatic rings. The fraction of sp³-hybridized carbons (Fsp3) is 0.304. The van der Waals surface area contributed by atoms with E-state index in [4.69, 9.17) is 4.74 Å². The van der Waals surface area contributed by atoms with Crippen molar-refractivity contribution in [2.75, 3.05) is 20.2 Å². The van der Waals surface area contributed by atoms with E-state index in [2.05, 4.69) is 4.98 Å². The zero-order chi connectivity index (χ0) is 21.3. The predicted molar refractivity (Wildman–Crippen MR) is 111 cm³/mol. The highest BCUT2D eigenvalue weighted by Crippen LogP contribution is 2.31. The van der Waals surface area contributed by atoms with E-state index in [0.717, 1.165) is 22.5 Å². The Morgan fingerprint density at radius 3 is 2.77 bits per heavy atom. The monoisotopic (exact) mass is 411 g/mol. The quantitative estimate of drug-likeness (QED) is 0.726. The summed E-state index contributed by atoms with van der Waals surface area (Å²) < 4.78 is 34.1. The second-order valence-corrected chi connectivity index (χ2v) is 7.58. The summed E-state index contributed by atoms with van der Waals surface area (Å²) >= 11 is 0. The minimum Gasteiger partial charge on any atom is -0.495 e. The molecule has 0 fully saturated rings. The van der Waals surface area contributed by atoms with E-state index < -0.39 is 11.7 Å². The summed E-state index contributed by atoms with van der Waals surface area (Å²) in [6, 6.07) is 5.84. The number of ether oxygens (including phenoxy) is 1. The average molecular weight is 411 g/mol. The Labute approximate surface area is 174 Å². The lowest BCUT2D eigenvalue weighted by Crippen LogP contribution is -2.37. The van der Waals surface area contributed by atoms with E-state index in [1.165, 1.54) is 12.2 Å². The van der Waals surface area contributed by atoms with Crippen molar-refractivity contribution in [3.05, 3.63) is 71.9 Å². The van der Waals surface area contributed by atoms with E-state index in [9.17, 15) is 13.6 Å². The minimum absolute atomic E-state index is 0.117. The molecule has 1 aliphatic heterocycles. The summed E-state index contributed by atoms with van der Waals surface area (Å²) in [4.78, 5) is 18.6. The third kappa shape index (κ3) is 4.06. The molecular weight excluding hydrogens is 388 g/mol. The van der Waals surface area contributed by atoms with Crippen molar-refractivity contribution in [2.45, 2.75) is 19.8 Å². The first-order valence-corrected chi connectivity index (χ1v) is 9.87. The maximum atomic E-state index is 13.5. The number of rotatable bonds is 5. The van der Waals surface area contributed by atoms with Gasteiger partial charge >= 0.3 is 0 Å². The summed E-state index contributed by atoms with van der Waals surface area (Å²) in [6.45, 7) is 2.83. The molecule has 1 unspecified atom stereocenters. The molecule has 2 heterocycles. The van der Waals surface area contributed by atoms with E-state index in [1.807, 2.05) is 35.9 Å². The van der Waals surface area contributed by atoms with Crippen molar-refractivity contribution in [3.63, 3.8) is 0 Å². The molecule has 1 aromatic heterocycles. The number of methoxy groups -OCH3 is 1. The van der Waals surface area contributed by atoms with Gasteiger partial charge in [-0.1, -0.05) is 6.07 Å². The molecule has 4 rings (SSSR count). The number of imidazole rings is 1. The topological polar surface area (TPSA) is 47.4 Å². The number of carbonyl (C=O) groups is 1. The average Bonchev–Trinajstić information content (AvgIpc) is 3.17. The standard InChI is InChI=1S/C23H23F2N3O2/c1-15-12-28(14-26-15)21-6-4-17(10-22(21)30-2)18-7-8-27(23(29)11-18)13-16-3-5-19(24)20(25)9-16/h4-6,9-12,14,16H,3,7-8,13H2,1-2H3. The lowest BCUT2D eigenvalue weighted by molar-refractivity contribution is -0.126. The molecule has 0 saturated carbocycles. The van der Waals surface area contributed by atoms with Gasteiger partial charge in [0.05, 0.1) is 24.8 Å². The molecule has 0 bridgehead atoms. The lowest BCUT2D eigenvalue weighted by atomic mass is 9.95. The van der Waals surface area contributed by atoms with E-state index in [-0.39, 0.29) is 11.8 Å². The van der Waals surface area contributed by atoms with Crippen LogP contribution in [0.1, 0.15) is 24.1 Å². The number of hydrogen-bond donors (Lipinski definition) is 0.